The van der Waals surface area contributed by atoms with Crippen LogP contribution in [0.4, 0.5) is 11.4 Å². The Bertz CT molecular complexity index is 1330. The Morgan fingerprint density at radius 2 is 1.83 bits per heavy atom. The normalized spacial score (nSPS) is 26.3. The van der Waals surface area contributed by atoms with Gasteiger partial charge in [0, 0.05) is 41.5 Å². The molecular weight excluding hydrogens is 474 g/mol. The minimum absolute atomic E-state index is 0.0235. The van der Waals surface area contributed by atoms with Crippen molar-refractivity contribution in [1.29, 1.82) is 0 Å². The Morgan fingerprint density at radius 3 is 2.57 bits per heavy atom. The van der Waals surface area contributed by atoms with Crippen molar-refractivity contribution in [2.45, 2.75) is 48.9 Å². The SMILES string of the molecule is Cc1ccccc1NC(=O)Cn1c2c(sc1=O)[C@@H](c1ccc(N(C)C)cc1)C1C3CCC(C3)C1S2. The average Bonchev–Trinajstić information content (AvgIpc) is 3.54. The first kappa shape index (κ1) is 22.9. The lowest BCUT2D eigenvalue weighted by atomic mass is 9.75. The second-order valence-corrected chi connectivity index (χ2v) is 12.6. The lowest BCUT2D eigenvalue weighted by Crippen LogP contribution is -2.34. The highest BCUT2D eigenvalue weighted by atomic mass is 32.2. The number of fused-ring (bicyclic) bond motifs is 6. The molecule has 2 fully saturated rings. The number of para-hydroxylation sites is 1. The first-order valence-corrected chi connectivity index (χ1v) is 14.1. The highest BCUT2D eigenvalue weighted by Crippen LogP contribution is 2.64. The predicted octanol–water partition coefficient (Wildman–Crippen LogP) is 5.58. The van der Waals surface area contributed by atoms with E-state index in [1.165, 1.54) is 41.9 Å². The number of anilines is 2. The van der Waals surface area contributed by atoms with Gasteiger partial charge in [-0.15, -0.1) is 11.8 Å². The van der Waals surface area contributed by atoms with Crippen LogP contribution in [0.25, 0.3) is 0 Å². The Labute approximate surface area is 214 Å². The van der Waals surface area contributed by atoms with E-state index in [0.717, 1.165) is 33.0 Å². The summed E-state index contributed by atoms with van der Waals surface area (Å²) in [5.41, 5.74) is 4.30. The molecule has 0 spiro atoms. The quantitative estimate of drug-likeness (QED) is 0.492. The van der Waals surface area contributed by atoms with Crippen molar-refractivity contribution in [3.63, 3.8) is 0 Å². The third kappa shape index (κ3) is 3.93. The number of benzene rings is 2. The van der Waals surface area contributed by atoms with Crippen molar-refractivity contribution in [2.75, 3.05) is 24.3 Å². The molecule has 1 aliphatic heterocycles. The number of hydrogen-bond donors (Lipinski definition) is 1. The molecule has 182 valence electrons. The number of rotatable bonds is 5. The van der Waals surface area contributed by atoms with Gasteiger partial charge >= 0.3 is 4.87 Å². The molecule has 1 amide bonds. The number of aryl methyl sites for hydroxylation is 1. The van der Waals surface area contributed by atoms with Crippen molar-refractivity contribution < 1.29 is 4.79 Å². The number of nitrogens with zero attached hydrogens (tertiary/aromatic N) is 2. The minimum Gasteiger partial charge on any atom is -0.378 e. The highest BCUT2D eigenvalue weighted by Gasteiger charge is 2.55. The van der Waals surface area contributed by atoms with Crippen molar-refractivity contribution in [3.05, 3.63) is 74.2 Å². The number of aromatic nitrogens is 1. The zero-order chi connectivity index (χ0) is 24.3. The maximum Gasteiger partial charge on any atom is 0.308 e. The van der Waals surface area contributed by atoms with Gasteiger partial charge in [-0.25, -0.2) is 0 Å². The van der Waals surface area contributed by atoms with Crippen LogP contribution >= 0.6 is 23.1 Å². The summed E-state index contributed by atoms with van der Waals surface area (Å²) in [6.07, 6.45) is 3.91. The van der Waals surface area contributed by atoms with Crippen LogP contribution in [-0.4, -0.2) is 29.8 Å². The largest absolute Gasteiger partial charge is 0.378 e. The summed E-state index contributed by atoms with van der Waals surface area (Å²) >= 11 is 3.24. The number of nitrogens with one attached hydrogen (secondary N) is 1. The van der Waals surface area contributed by atoms with Crippen molar-refractivity contribution in [3.8, 4) is 0 Å². The first-order chi connectivity index (χ1) is 16.9. The molecule has 3 aliphatic rings. The summed E-state index contributed by atoms with van der Waals surface area (Å²) < 4.78 is 1.74. The lowest BCUT2D eigenvalue weighted by molar-refractivity contribution is -0.116. The zero-order valence-corrected chi connectivity index (χ0v) is 22.0. The van der Waals surface area contributed by atoms with Gasteiger partial charge in [-0.05, 0) is 73.3 Å². The molecule has 0 radical (unpaired) electrons. The highest BCUT2D eigenvalue weighted by molar-refractivity contribution is 8.00. The fraction of sp³-hybridized carbons (Fsp3) is 0.429. The first-order valence-electron chi connectivity index (χ1n) is 12.4. The minimum atomic E-state index is -0.149. The molecule has 2 bridgehead atoms. The Kier molecular flexibility index (Phi) is 5.80. The summed E-state index contributed by atoms with van der Waals surface area (Å²) in [5.74, 6) is 2.12. The maximum absolute atomic E-state index is 13.3. The molecule has 4 unspecified atom stereocenters. The lowest BCUT2D eigenvalue weighted by Gasteiger charge is -2.40. The summed E-state index contributed by atoms with van der Waals surface area (Å²) in [6.45, 7) is 2.04. The zero-order valence-electron chi connectivity index (χ0n) is 20.4. The van der Waals surface area contributed by atoms with Gasteiger partial charge in [0.05, 0.1) is 5.03 Å². The summed E-state index contributed by atoms with van der Waals surface area (Å²) in [5, 5.41) is 4.56. The van der Waals surface area contributed by atoms with Crippen LogP contribution in [0.3, 0.4) is 0 Å². The molecule has 6 rings (SSSR count). The van der Waals surface area contributed by atoms with Crippen LogP contribution in [0, 0.1) is 24.7 Å². The molecule has 5 nitrogen and oxygen atoms in total. The van der Waals surface area contributed by atoms with Gasteiger partial charge in [-0.1, -0.05) is 41.7 Å². The number of hydrogen-bond acceptors (Lipinski definition) is 5. The molecule has 3 aromatic rings. The standard InChI is InChI=1S/C28H31N3O2S2/c1-16-6-4-5-7-21(16)29-22(32)15-31-27-26(35-28(31)33)23(17-10-12-20(13-11-17)30(2)3)24-18-8-9-19(14-18)25(24)34-27/h4-7,10-13,18-19,23-25H,8-9,14-15H2,1-3H3,(H,29,32)/t18?,19?,23-,24?,25?/m0/s1. The van der Waals surface area contributed by atoms with E-state index in [-0.39, 0.29) is 23.2 Å². The van der Waals surface area contributed by atoms with Crippen LogP contribution in [-0.2, 0) is 11.3 Å². The number of thiazole rings is 1. The van der Waals surface area contributed by atoms with E-state index in [1.54, 1.807) is 4.57 Å². The number of thioether (sulfide) groups is 1. The Morgan fingerprint density at radius 1 is 1.09 bits per heavy atom. The molecule has 2 aliphatic carbocycles. The molecule has 5 atom stereocenters. The number of carbonyl (C=O) groups excluding carboxylic acids is 1. The fourth-order valence-electron chi connectivity index (χ4n) is 6.49. The van der Waals surface area contributed by atoms with E-state index in [9.17, 15) is 9.59 Å². The molecule has 1 N–H and O–H groups in total. The van der Waals surface area contributed by atoms with Gasteiger partial charge < -0.3 is 10.2 Å². The van der Waals surface area contributed by atoms with Crippen molar-refractivity contribution in [1.82, 2.24) is 4.57 Å². The topological polar surface area (TPSA) is 54.3 Å². The Balaban J connectivity index is 1.37. The monoisotopic (exact) mass is 505 g/mol. The van der Waals surface area contributed by atoms with E-state index in [1.807, 2.05) is 43.0 Å². The molecule has 2 saturated carbocycles. The molecule has 2 heterocycles. The van der Waals surface area contributed by atoms with E-state index >= 15 is 0 Å². The van der Waals surface area contributed by atoms with Gasteiger partial charge in [0.25, 0.3) is 0 Å². The van der Waals surface area contributed by atoms with Crippen molar-refractivity contribution in [2.24, 2.45) is 17.8 Å². The molecule has 2 aromatic carbocycles. The molecule has 0 saturated heterocycles. The average molecular weight is 506 g/mol. The van der Waals surface area contributed by atoms with Crippen LogP contribution in [0.1, 0.15) is 41.2 Å². The second-order valence-electron chi connectivity index (χ2n) is 10.4. The second kappa shape index (κ2) is 8.86. The number of amides is 1. The van der Waals surface area contributed by atoms with E-state index in [4.69, 9.17) is 0 Å². The maximum atomic E-state index is 13.3. The van der Waals surface area contributed by atoms with Crippen LogP contribution in [0.5, 0.6) is 0 Å². The number of carbonyl (C=O) groups is 1. The van der Waals surface area contributed by atoms with Crippen LogP contribution in [0.15, 0.2) is 58.4 Å². The third-order valence-electron chi connectivity index (χ3n) is 8.18. The molecular formula is C28H31N3O2S2. The molecule has 35 heavy (non-hydrogen) atoms. The molecule has 1 aromatic heterocycles. The van der Waals surface area contributed by atoms with Crippen molar-refractivity contribution >= 4 is 40.4 Å². The van der Waals surface area contributed by atoms with Gasteiger partial charge in [-0.3, -0.25) is 14.2 Å². The van der Waals surface area contributed by atoms with E-state index in [0.29, 0.717) is 11.2 Å². The van der Waals surface area contributed by atoms with Crippen LogP contribution in [0.2, 0.25) is 0 Å². The van der Waals surface area contributed by atoms with Gasteiger partial charge in [0.1, 0.15) is 6.54 Å². The van der Waals surface area contributed by atoms with Crippen LogP contribution < -0.4 is 15.1 Å². The Hall–Kier alpha value is -2.51. The van der Waals surface area contributed by atoms with Gasteiger partial charge in [0.15, 0.2) is 0 Å². The smallest absolute Gasteiger partial charge is 0.308 e. The summed E-state index contributed by atoms with van der Waals surface area (Å²) in [6, 6.07) is 16.6. The van der Waals surface area contributed by atoms with Gasteiger partial charge in [-0.2, -0.15) is 0 Å². The summed E-state index contributed by atoms with van der Waals surface area (Å²) in [7, 11) is 4.12. The summed E-state index contributed by atoms with van der Waals surface area (Å²) in [4.78, 5) is 29.5. The van der Waals surface area contributed by atoms with E-state index in [2.05, 4.69) is 48.6 Å². The third-order valence-corrected chi connectivity index (χ3v) is 11.0. The molecule has 7 heteroatoms. The van der Waals surface area contributed by atoms with Gasteiger partial charge in [0.2, 0.25) is 5.91 Å². The van der Waals surface area contributed by atoms with E-state index < -0.39 is 0 Å². The fourth-order valence-corrected chi connectivity index (χ4v) is 9.64. The predicted molar refractivity (Wildman–Crippen MR) is 145 cm³/mol.